The van der Waals surface area contributed by atoms with Gasteiger partial charge in [0.25, 0.3) is 0 Å². The number of aliphatic hydroxyl groups is 1. The maximum absolute atomic E-state index is 9.85. The minimum atomic E-state index is -1.47. The van der Waals surface area contributed by atoms with E-state index in [0.29, 0.717) is 18.6 Å². The molecule has 54 valence electrons. The van der Waals surface area contributed by atoms with Crippen LogP contribution in [-0.4, -0.2) is 28.2 Å². The monoisotopic (exact) mass is 152 g/mol. The van der Waals surface area contributed by atoms with Crippen molar-refractivity contribution in [3.8, 4) is 0 Å². The third-order valence-electron chi connectivity index (χ3n) is 0.488. The second-order valence-corrected chi connectivity index (χ2v) is 2.07. The standard InChI is InChI=1S/C4H8O4S/c1-2-8-9-4(7)3(5)6/h4,7H,2H2,1H3,(H,5,6). The lowest BCUT2D eigenvalue weighted by atomic mass is 10.7. The summed E-state index contributed by atoms with van der Waals surface area (Å²) in [5.41, 5.74) is -1.47. The first-order valence-electron chi connectivity index (χ1n) is 2.37. The Morgan fingerprint density at radius 3 is 2.78 bits per heavy atom. The molecule has 0 radical (unpaired) electrons. The van der Waals surface area contributed by atoms with E-state index >= 15 is 0 Å². The van der Waals surface area contributed by atoms with Crippen LogP contribution >= 0.6 is 12.0 Å². The molecule has 1 atom stereocenters. The van der Waals surface area contributed by atoms with Crippen molar-refractivity contribution in [3.63, 3.8) is 0 Å². The SMILES string of the molecule is CCOSC(O)C(=O)O. The molecule has 0 aromatic carbocycles. The summed E-state index contributed by atoms with van der Waals surface area (Å²) in [6.07, 6.45) is 0. The zero-order chi connectivity index (χ0) is 7.28. The van der Waals surface area contributed by atoms with E-state index in [1.165, 1.54) is 0 Å². The average Bonchev–Trinajstić information content (AvgIpc) is 1.82. The molecular weight excluding hydrogens is 144 g/mol. The summed E-state index contributed by atoms with van der Waals surface area (Å²) in [6.45, 7) is 2.09. The highest BCUT2D eigenvalue weighted by atomic mass is 32.2. The number of hydrogen-bond acceptors (Lipinski definition) is 4. The molecule has 0 heterocycles. The molecule has 0 saturated heterocycles. The first-order valence-corrected chi connectivity index (χ1v) is 3.18. The van der Waals surface area contributed by atoms with Gasteiger partial charge in [-0.15, -0.1) is 0 Å². The van der Waals surface area contributed by atoms with Gasteiger partial charge < -0.3 is 14.4 Å². The normalized spacial score (nSPS) is 13.1. The average molecular weight is 152 g/mol. The molecule has 0 amide bonds. The second-order valence-electron chi connectivity index (χ2n) is 1.19. The van der Waals surface area contributed by atoms with Gasteiger partial charge in [-0.25, -0.2) is 4.79 Å². The second kappa shape index (κ2) is 4.60. The molecule has 1 unspecified atom stereocenters. The third kappa shape index (κ3) is 4.26. The van der Waals surface area contributed by atoms with Crippen molar-refractivity contribution < 1.29 is 19.2 Å². The molecule has 5 heteroatoms. The first-order chi connectivity index (χ1) is 4.18. The number of hydrogen-bond donors (Lipinski definition) is 2. The Morgan fingerprint density at radius 2 is 2.44 bits per heavy atom. The van der Waals surface area contributed by atoms with E-state index in [-0.39, 0.29) is 0 Å². The first kappa shape index (κ1) is 8.74. The van der Waals surface area contributed by atoms with Gasteiger partial charge in [0.05, 0.1) is 6.61 Å². The fourth-order valence-corrected chi connectivity index (χ4v) is 0.521. The van der Waals surface area contributed by atoms with Gasteiger partial charge in [-0.1, -0.05) is 0 Å². The minimum absolute atomic E-state index is 0.384. The van der Waals surface area contributed by atoms with E-state index in [9.17, 15) is 4.79 Å². The van der Waals surface area contributed by atoms with E-state index in [2.05, 4.69) is 4.18 Å². The summed E-state index contributed by atoms with van der Waals surface area (Å²) >= 11 is 0.541. The zero-order valence-corrected chi connectivity index (χ0v) is 5.72. The van der Waals surface area contributed by atoms with Crippen molar-refractivity contribution in [1.29, 1.82) is 0 Å². The van der Waals surface area contributed by atoms with Crippen molar-refractivity contribution >= 4 is 18.0 Å². The smallest absolute Gasteiger partial charge is 0.345 e. The van der Waals surface area contributed by atoms with Gasteiger partial charge in [-0.3, -0.25) is 0 Å². The fraction of sp³-hybridized carbons (Fsp3) is 0.750. The summed E-state index contributed by atoms with van der Waals surface area (Å²) in [5.74, 6) is -1.28. The lowest BCUT2D eigenvalue weighted by Gasteiger charge is -2.01. The molecule has 4 nitrogen and oxygen atoms in total. The van der Waals surface area contributed by atoms with Crippen LogP contribution in [0.25, 0.3) is 0 Å². The molecule has 2 N–H and O–H groups in total. The molecule has 0 aliphatic heterocycles. The number of carboxylic acid groups (broad SMARTS) is 1. The number of rotatable bonds is 4. The predicted molar refractivity (Wildman–Crippen MR) is 32.9 cm³/mol. The number of carbonyl (C=O) groups is 1. The quantitative estimate of drug-likeness (QED) is 0.441. The molecule has 0 aliphatic carbocycles. The predicted octanol–water partition coefficient (Wildman–Crippen LogP) is 0.0741. The van der Waals surface area contributed by atoms with E-state index in [1.54, 1.807) is 6.92 Å². The van der Waals surface area contributed by atoms with Crippen LogP contribution in [0.4, 0.5) is 0 Å². The van der Waals surface area contributed by atoms with Crippen LogP contribution in [-0.2, 0) is 8.98 Å². The largest absolute Gasteiger partial charge is 0.479 e. The van der Waals surface area contributed by atoms with E-state index in [4.69, 9.17) is 10.2 Å². The Hall–Kier alpha value is -0.260. The molecule has 0 fully saturated rings. The number of carboxylic acids is 1. The van der Waals surface area contributed by atoms with Crippen molar-refractivity contribution in [3.05, 3.63) is 0 Å². The number of aliphatic hydroxyl groups excluding tert-OH is 1. The maximum atomic E-state index is 9.85. The third-order valence-corrected chi connectivity index (χ3v) is 1.24. The Balaban J connectivity index is 3.27. The summed E-state index contributed by atoms with van der Waals surface area (Å²) in [4.78, 5) is 9.85. The van der Waals surface area contributed by atoms with Gasteiger partial charge in [0.2, 0.25) is 5.44 Å². The van der Waals surface area contributed by atoms with Crippen LogP contribution in [0.15, 0.2) is 0 Å². The van der Waals surface area contributed by atoms with Crippen LogP contribution in [0, 0.1) is 0 Å². The topological polar surface area (TPSA) is 66.8 Å². The van der Waals surface area contributed by atoms with Crippen LogP contribution in [0.1, 0.15) is 6.92 Å². The van der Waals surface area contributed by atoms with Crippen LogP contribution < -0.4 is 0 Å². The van der Waals surface area contributed by atoms with Crippen molar-refractivity contribution in [2.24, 2.45) is 0 Å². The lowest BCUT2D eigenvalue weighted by molar-refractivity contribution is -0.142. The van der Waals surface area contributed by atoms with Crippen molar-refractivity contribution in [2.75, 3.05) is 6.61 Å². The van der Waals surface area contributed by atoms with E-state index in [1.807, 2.05) is 0 Å². The Bertz CT molecular complexity index is 94.6. The van der Waals surface area contributed by atoms with Gasteiger partial charge in [-0.2, -0.15) is 0 Å². The Morgan fingerprint density at radius 1 is 1.89 bits per heavy atom. The highest BCUT2D eigenvalue weighted by Gasteiger charge is 2.13. The summed E-state index contributed by atoms with van der Waals surface area (Å²) in [6, 6.07) is 0. The van der Waals surface area contributed by atoms with Gasteiger partial charge in [-0.05, 0) is 6.92 Å². The summed E-state index contributed by atoms with van der Waals surface area (Å²) in [5, 5.41) is 16.6. The molecule has 0 aliphatic rings. The molecule has 0 aromatic rings. The molecule has 9 heavy (non-hydrogen) atoms. The summed E-state index contributed by atoms with van der Waals surface area (Å²) in [7, 11) is 0. The molecule has 0 spiro atoms. The molecule has 0 saturated carbocycles. The highest BCUT2D eigenvalue weighted by molar-refractivity contribution is 7.95. The minimum Gasteiger partial charge on any atom is -0.479 e. The van der Waals surface area contributed by atoms with Crippen molar-refractivity contribution in [1.82, 2.24) is 0 Å². The number of aliphatic carboxylic acids is 1. The van der Waals surface area contributed by atoms with Gasteiger partial charge in [0.15, 0.2) is 0 Å². The van der Waals surface area contributed by atoms with E-state index in [0.717, 1.165) is 0 Å². The summed E-state index contributed by atoms with van der Waals surface area (Å²) < 4.78 is 4.54. The maximum Gasteiger partial charge on any atom is 0.345 e. The van der Waals surface area contributed by atoms with Crippen LogP contribution in [0.3, 0.4) is 0 Å². The zero-order valence-electron chi connectivity index (χ0n) is 4.90. The van der Waals surface area contributed by atoms with Gasteiger partial charge >= 0.3 is 5.97 Å². The van der Waals surface area contributed by atoms with E-state index < -0.39 is 11.4 Å². The van der Waals surface area contributed by atoms with Gasteiger partial charge in [0.1, 0.15) is 0 Å². The molecule has 0 aromatic heterocycles. The Labute approximate surface area is 57.0 Å². The molecular formula is C4H8O4S. The Kier molecular flexibility index (Phi) is 4.47. The highest BCUT2D eigenvalue weighted by Crippen LogP contribution is 2.08. The molecule has 0 rings (SSSR count). The van der Waals surface area contributed by atoms with Crippen molar-refractivity contribution in [2.45, 2.75) is 12.4 Å². The molecule has 0 bridgehead atoms. The van der Waals surface area contributed by atoms with Gasteiger partial charge in [0, 0.05) is 12.0 Å². The van der Waals surface area contributed by atoms with Crippen LogP contribution in [0.5, 0.6) is 0 Å². The fourth-order valence-electron chi connectivity index (χ4n) is 0.174. The van der Waals surface area contributed by atoms with Crippen LogP contribution in [0.2, 0.25) is 0 Å². The lowest BCUT2D eigenvalue weighted by Crippen LogP contribution is -2.15.